The number of fused-ring (bicyclic) bond motifs is 1. The summed E-state index contributed by atoms with van der Waals surface area (Å²) in [6.07, 6.45) is 1.71. The summed E-state index contributed by atoms with van der Waals surface area (Å²) in [6.45, 7) is 7.06. The highest BCUT2D eigenvalue weighted by Gasteiger charge is 2.21. The molecule has 1 fully saturated rings. The molecular weight excluding hydrogens is 483 g/mol. The van der Waals surface area contributed by atoms with Crippen LogP contribution in [0.25, 0.3) is 16.9 Å². The first-order chi connectivity index (χ1) is 17.0. The number of likely N-dealkylation sites (N-methyl/N-ethyl adjacent to an activating group) is 1. The first-order valence-electron chi connectivity index (χ1n) is 11.7. The van der Waals surface area contributed by atoms with Gasteiger partial charge >= 0.3 is 0 Å². The van der Waals surface area contributed by atoms with E-state index in [4.69, 9.17) is 28.2 Å². The van der Waals surface area contributed by atoms with Crippen molar-refractivity contribution in [2.45, 2.75) is 13.5 Å². The zero-order valence-electron chi connectivity index (χ0n) is 19.4. The van der Waals surface area contributed by atoms with Crippen LogP contribution in [0.1, 0.15) is 22.8 Å². The van der Waals surface area contributed by atoms with Gasteiger partial charge in [-0.2, -0.15) is 9.61 Å². The summed E-state index contributed by atoms with van der Waals surface area (Å²) in [6, 6.07) is 16.9. The van der Waals surface area contributed by atoms with Crippen LogP contribution in [-0.2, 0) is 6.54 Å². The maximum Gasteiger partial charge on any atom is 0.253 e. The second kappa shape index (κ2) is 10.2. The first kappa shape index (κ1) is 23.6. The van der Waals surface area contributed by atoms with Gasteiger partial charge in [-0.25, -0.2) is 4.98 Å². The number of piperazine rings is 1. The van der Waals surface area contributed by atoms with Crippen molar-refractivity contribution in [3.8, 4) is 11.3 Å². The van der Waals surface area contributed by atoms with Crippen molar-refractivity contribution in [3.05, 3.63) is 82.0 Å². The molecule has 2 aromatic heterocycles. The number of rotatable bonds is 6. The molecule has 5 rings (SSSR count). The molecule has 3 heterocycles. The van der Waals surface area contributed by atoms with Gasteiger partial charge in [0.15, 0.2) is 5.65 Å². The Labute approximate surface area is 214 Å². The number of hydrogen-bond acceptors (Lipinski definition) is 5. The van der Waals surface area contributed by atoms with E-state index in [1.165, 1.54) is 0 Å². The van der Waals surface area contributed by atoms with Crippen LogP contribution in [0.5, 0.6) is 0 Å². The molecular formula is C26H26Cl2N6O. The molecule has 0 atom stereocenters. The van der Waals surface area contributed by atoms with Crippen molar-refractivity contribution in [3.63, 3.8) is 0 Å². The Balaban J connectivity index is 1.35. The van der Waals surface area contributed by atoms with Crippen LogP contribution in [0.3, 0.4) is 0 Å². The lowest BCUT2D eigenvalue weighted by Gasteiger charge is -2.34. The Morgan fingerprint density at radius 2 is 1.77 bits per heavy atom. The number of nitrogens with one attached hydrogen (secondary N) is 1. The smallest absolute Gasteiger partial charge is 0.253 e. The van der Waals surface area contributed by atoms with Crippen molar-refractivity contribution in [2.24, 2.45) is 0 Å². The summed E-state index contributed by atoms with van der Waals surface area (Å²) in [4.78, 5) is 22.0. The van der Waals surface area contributed by atoms with Crippen molar-refractivity contribution in [2.75, 3.05) is 38.0 Å². The molecule has 0 aliphatic carbocycles. The number of nitrogens with zero attached hydrogens (tertiary/aromatic N) is 5. The van der Waals surface area contributed by atoms with E-state index < -0.39 is 0 Å². The van der Waals surface area contributed by atoms with Gasteiger partial charge in [-0.1, -0.05) is 48.3 Å². The first-order valence-corrected chi connectivity index (χ1v) is 12.4. The van der Waals surface area contributed by atoms with Gasteiger partial charge in [-0.3, -0.25) is 4.79 Å². The molecule has 7 nitrogen and oxygen atoms in total. The van der Waals surface area contributed by atoms with Crippen LogP contribution < -0.4 is 5.32 Å². The molecule has 1 amide bonds. The van der Waals surface area contributed by atoms with Crippen LogP contribution in [0.2, 0.25) is 10.0 Å². The lowest BCUT2D eigenvalue weighted by atomic mass is 10.1. The standard InChI is InChI=1S/C26H26Cl2N6O/c1-2-32-11-13-33(14-12-32)26(35)19-5-3-18(4-6-19)23-16-25(34-24(31-23)9-10-30-34)29-17-20-7-8-21(27)15-22(20)28/h3-10,15-16,29H,2,11-14,17H2,1H3. The minimum absolute atomic E-state index is 0.0775. The van der Waals surface area contributed by atoms with Crippen LogP contribution in [-0.4, -0.2) is 63.0 Å². The molecule has 0 unspecified atom stereocenters. The molecule has 0 spiro atoms. The van der Waals surface area contributed by atoms with E-state index in [-0.39, 0.29) is 5.91 Å². The molecule has 0 radical (unpaired) electrons. The molecule has 1 aliphatic heterocycles. The van der Waals surface area contributed by atoms with Gasteiger partial charge < -0.3 is 15.1 Å². The van der Waals surface area contributed by atoms with Crippen molar-refractivity contribution < 1.29 is 4.79 Å². The van der Waals surface area contributed by atoms with E-state index in [2.05, 4.69) is 22.2 Å². The Bertz CT molecular complexity index is 1350. The Morgan fingerprint density at radius 3 is 2.49 bits per heavy atom. The molecule has 0 bridgehead atoms. The number of hydrogen-bond donors (Lipinski definition) is 1. The number of carbonyl (C=O) groups excluding carboxylic acids is 1. The topological polar surface area (TPSA) is 65.8 Å². The van der Waals surface area contributed by atoms with Crippen molar-refractivity contribution >= 4 is 40.6 Å². The minimum atomic E-state index is 0.0775. The number of benzene rings is 2. The van der Waals surface area contributed by atoms with Gasteiger partial charge in [-0.05, 0) is 36.4 Å². The average molecular weight is 509 g/mol. The molecule has 0 saturated carbocycles. The van der Waals surface area contributed by atoms with E-state index in [1.54, 1.807) is 16.8 Å². The van der Waals surface area contributed by atoms with Crippen molar-refractivity contribution in [1.29, 1.82) is 0 Å². The highest BCUT2D eigenvalue weighted by Crippen LogP contribution is 2.25. The molecule has 35 heavy (non-hydrogen) atoms. The Hall–Kier alpha value is -3.13. The van der Waals surface area contributed by atoms with E-state index in [0.29, 0.717) is 22.2 Å². The normalized spacial score (nSPS) is 14.4. The molecule has 9 heteroatoms. The fraction of sp³-hybridized carbons (Fsp3) is 0.269. The second-order valence-corrected chi connectivity index (χ2v) is 9.36. The number of aromatic nitrogens is 3. The molecule has 4 aromatic rings. The predicted molar refractivity (Wildman–Crippen MR) is 140 cm³/mol. The second-order valence-electron chi connectivity index (χ2n) is 8.52. The molecule has 180 valence electrons. The molecule has 1 N–H and O–H groups in total. The molecule has 1 aliphatic rings. The highest BCUT2D eigenvalue weighted by molar-refractivity contribution is 6.35. The maximum absolute atomic E-state index is 13.0. The van der Waals surface area contributed by atoms with Gasteiger partial charge in [0.1, 0.15) is 5.82 Å². The summed E-state index contributed by atoms with van der Waals surface area (Å²) < 4.78 is 1.75. The molecule has 1 saturated heterocycles. The van der Waals surface area contributed by atoms with Crippen LogP contribution >= 0.6 is 23.2 Å². The monoisotopic (exact) mass is 508 g/mol. The van der Waals surface area contributed by atoms with Gasteiger partial charge in [-0.15, -0.1) is 0 Å². The lowest BCUT2D eigenvalue weighted by Crippen LogP contribution is -2.48. The minimum Gasteiger partial charge on any atom is -0.366 e. The third-order valence-electron chi connectivity index (χ3n) is 6.37. The highest BCUT2D eigenvalue weighted by atomic mass is 35.5. The zero-order chi connectivity index (χ0) is 24.4. The fourth-order valence-corrected chi connectivity index (χ4v) is 4.75. The zero-order valence-corrected chi connectivity index (χ0v) is 20.9. The van der Waals surface area contributed by atoms with E-state index in [0.717, 1.165) is 61.0 Å². The number of halogens is 2. The quantitative estimate of drug-likeness (QED) is 0.392. The summed E-state index contributed by atoms with van der Waals surface area (Å²) >= 11 is 12.4. The summed E-state index contributed by atoms with van der Waals surface area (Å²) in [7, 11) is 0. The number of amides is 1. The molecule has 2 aromatic carbocycles. The van der Waals surface area contributed by atoms with Gasteiger partial charge in [0, 0.05) is 66.0 Å². The summed E-state index contributed by atoms with van der Waals surface area (Å²) in [5.41, 5.74) is 4.06. The third kappa shape index (κ3) is 5.12. The van der Waals surface area contributed by atoms with Crippen LogP contribution in [0.15, 0.2) is 60.8 Å². The Morgan fingerprint density at radius 1 is 1.00 bits per heavy atom. The van der Waals surface area contributed by atoms with Crippen LogP contribution in [0.4, 0.5) is 5.82 Å². The van der Waals surface area contributed by atoms with E-state index >= 15 is 0 Å². The largest absolute Gasteiger partial charge is 0.366 e. The van der Waals surface area contributed by atoms with Crippen molar-refractivity contribution in [1.82, 2.24) is 24.4 Å². The van der Waals surface area contributed by atoms with E-state index in [9.17, 15) is 4.79 Å². The third-order valence-corrected chi connectivity index (χ3v) is 6.96. The summed E-state index contributed by atoms with van der Waals surface area (Å²) in [5.74, 6) is 0.865. The summed E-state index contributed by atoms with van der Waals surface area (Å²) in [5, 5.41) is 9.00. The SMILES string of the molecule is CCN1CCN(C(=O)c2ccc(-c3cc(NCc4ccc(Cl)cc4Cl)n4nccc4n3)cc2)CC1. The lowest BCUT2D eigenvalue weighted by molar-refractivity contribution is 0.0643. The fourth-order valence-electron chi connectivity index (χ4n) is 4.27. The number of carbonyl (C=O) groups is 1. The Kier molecular flexibility index (Phi) is 6.90. The number of anilines is 1. The van der Waals surface area contributed by atoms with Crippen LogP contribution in [0, 0.1) is 0 Å². The van der Waals surface area contributed by atoms with Gasteiger partial charge in [0.05, 0.1) is 11.9 Å². The van der Waals surface area contributed by atoms with E-state index in [1.807, 2.05) is 53.4 Å². The van der Waals surface area contributed by atoms with Gasteiger partial charge in [0.2, 0.25) is 0 Å². The maximum atomic E-state index is 13.0. The van der Waals surface area contributed by atoms with Gasteiger partial charge in [0.25, 0.3) is 5.91 Å². The predicted octanol–water partition coefficient (Wildman–Crippen LogP) is 5.09. The average Bonchev–Trinajstić information content (AvgIpc) is 3.37.